The van der Waals surface area contributed by atoms with Gasteiger partial charge in [-0.25, -0.2) is 4.39 Å². The van der Waals surface area contributed by atoms with E-state index >= 15 is 0 Å². The van der Waals surface area contributed by atoms with Gasteiger partial charge in [0.15, 0.2) is 0 Å². The highest BCUT2D eigenvalue weighted by atomic mass is 19.1. The fraction of sp³-hybridized carbons (Fsp3) is 0.357. The molecule has 2 amide bonds. The second-order valence-electron chi connectivity index (χ2n) is 4.31. The Morgan fingerprint density at radius 2 is 2.05 bits per heavy atom. The molecule has 0 spiro atoms. The van der Waals surface area contributed by atoms with Gasteiger partial charge in [0.1, 0.15) is 5.82 Å². The van der Waals surface area contributed by atoms with Crippen molar-refractivity contribution < 1.29 is 23.9 Å². The Hall–Kier alpha value is -2.44. The van der Waals surface area contributed by atoms with Gasteiger partial charge in [0.05, 0.1) is 13.0 Å². The van der Waals surface area contributed by atoms with Crippen LogP contribution in [0.5, 0.6) is 0 Å². The van der Waals surface area contributed by atoms with E-state index in [0.717, 1.165) is 6.07 Å². The molecule has 114 valence electrons. The molecule has 0 saturated heterocycles. The molecule has 7 heteroatoms. The average Bonchev–Trinajstić information content (AvgIpc) is 2.45. The van der Waals surface area contributed by atoms with Crippen molar-refractivity contribution in [3.05, 3.63) is 35.6 Å². The zero-order valence-corrected chi connectivity index (χ0v) is 11.6. The Balaban J connectivity index is 2.51. The van der Waals surface area contributed by atoms with Crippen LogP contribution in [-0.2, 0) is 9.59 Å². The number of amides is 2. The number of nitrogens with one attached hydrogen (secondary N) is 1. The molecular weight excluding hydrogens is 279 g/mol. The maximum atomic E-state index is 13.0. The van der Waals surface area contributed by atoms with Crippen LogP contribution < -0.4 is 5.32 Å². The van der Waals surface area contributed by atoms with E-state index in [0.29, 0.717) is 6.54 Å². The molecule has 0 saturated carbocycles. The monoisotopic (exact) mass is 296 g/mol. The maximum absolute atomic E-state index is 13.0. The number of carboxylic acid groups (broad SMARTS) is 1. The van der Waals surface area contributed by atoms with Crippen molar-refractivity contribution in [3.8, 4) is 0 Å². The first-order valence-corrected chi connectivity index (χ1v) is 6.47. The van der Waals surface area contributed by atoms with Gasteiger partial charge in [-0.15, -0.1) is 0 Å². The number of benzene rings is 1. The summed E-state index contributed by atoms with van der Waals surface area (Å²) >= 11 is 0. The van der Waals surface area contributed by atoms with Crippen LogP contribution in [0.2, 0.25) is 0 Å². The van der Waals surface area contributed by atoms with Crippen LogP contribution in [0, 0.1) is 5.82 Å². The number of hydrogen-bond acceptors (Lipinski definition) is 3. The van der Waals surface area contributed by atoms with Crippen molar-refractivity contribution in [3.63, 3.8) is 0 Å². The summed E-state index contributed by atoms with van der Waals surface area (Å²) in [5.41, 5.74) is 0.122. The Bertz CT molecular complexity index is 533. The van der Waals surface area contributed by atoms with Crippen molar-refractivity contribution >= 4 is 17.8 Å². The minimum absolute atomic E-state index is 0.0838. The molecule has 0 fully saturated rings. The minimum atomic E-state index is -0.995. The highest BCUT2D eigenvalue weighted by Gasteiger charge is 2.14. The van der Waals surface area contributed by atoms with Gasteiger partial charge in [0.2, 0.25) is 5.91 Å². The van der Waals surface area contributed by atoms with Crippen LogP contribution in [0.25, 0.3) is 0 Å². The largest absolute Gasteiger partial charge is 0.481 e. The number of hydrogen-bond donors (Lipinski definition) is 2. The van der Waals surface area contributed by atoms with E-state index in [2.05, 4.69) is 5.32 Å². The lowest BCUT2D eigenvalue weighted by atomic mass is 10.2. The van der Waals surface area contributed by atoms with Crippen molar-refractivity contribution in [1.29, 1.82) is 0 Å². The first kappa shape index (κ1) is 16.6. The summed E-state index contributed by atoms with van der Waals surface area (Å²) in [6.45, 7) is 1.89. The number of carbonyl (C=O) groups is 3. The molecule has 0 aliphatic rings. The highest BCUT2D eigenvalue weighted by Crippen LogP contribution is 2.03. The second kappa shape index (κ2) is 7.98. The van der Waals surface area contributed by atoms with E-state index in [9.17, 15) is 18.8 Å². The number of halogens is 1. The summed E-state index contributed by atoms with van der Waals surface area (Å²) in [6.07, 6.45) is -0.155. The van der Waals surface area contributed by atoms with E-state index < -0.39 is 17.7 Å². The lowest BCUT2D eigenvalue weighted by molar-refractivity contribution is -0.138. The average molecular weight is 296 g/mol. The molecule has 0 aliphatic carbocycles. The summed E-state index contributed by atoms with van der Waals surface area (Å²) in [6, 6.07) is 5.12. The van der Waals surface area contributed by atoms with E-state index in [1.807, 2.05) is 0 Å². The predicted octanol–water partition coefficient (Wildman–Crippen LogP) is 0.879. The summed E-state index contributed by atoms with van der Waals surface area (Å²) in [5.74, 6) is -2.48. The van der Waals surface area contributed by atoms with Crippen molar-refractivity contribution in [1.82, 2.24) is 10.2 Å². The summed E-state index contributed by atoms with van der Waals surface area (Å²) in [4.78, 5) is 35.4. The van der Waals surface area contributed by atoms with Crippen molar-refractivity contribution in [2.75, 3.05) is 19.6 Å². The van der Waals surface area contributed by atoms with Crippen LogP contribution in [-0.4, -0.2) is 47.4 Å². The third-order valence-electron chi connectivity index (χ3n) is 2.82. The second-order valence-corrected chi connectivity index (χ2v) is 4.31. The first-order valence-electron chi connectivity index (χ1n) is 6.47. The number of aliphatic carboxylic acids is 1. The van der Waals surface area contributed by atoms with Crippen molar-refractivity contribution in [2.45, 2.75) is 13.3 Å². The van der Waals surface area contributed by atoms with E-state index in [4.69, 9.17) is 5.11 Å². The van der Waals surface area contributed by atoms with Crippen LogP contribution in [0.15, 0.2) is 24.3 Å². The number of likely N-dealkylation sites (N-methyl/N-ethyl adjacent to an activating group) is 1. The van der Waals surface area contributed by atoms with Gasteiger partial charge >= 0.3 is 5.97 Å². The molecule has 0 aromatic heterocycles. The molecule has 0 bridgehead atoms. The predicted molar refractivity (Wildman–Crippen MR) is 73.2 cm³/mol. The Labute approximate surface area is 121 Å². The van der Waals surface area contributed by atoms with Gasteiger partial charge in [-0.2, -0.15) is 0 Å². The topological polar surface area (TPSA) is 86.7 Å². The van der Waals surface area contributed by atoms with Gasteiger partial charge in [-0.05, 0) is 25.1 Å². The van der Waals surface area contributed by atoms with Crippen LogP contribution in [0.1, 0.15) is 23.7 Å². The molecule has 1 aromatic carbocycles. The van der Waals surface area contributed by atoms with E-state index in [1.165, 1.54) is 23.1 Å². The molecule has 0 radical (unpaired) electrons. The molecule has 0 aliphatic heterocycles. The molecule has 1 aromatic rings. The van der Waals surface area contributed by atoms with E-state index in [1.54, 1.807) is 6.92 Å². The zero-order valence-electron chi connectivity index (χ0n) is 11.6. The molecule has 1 rings (SSSR count). The number of nitrogens with zero attached hydrogens (tertiary/aromatic N) is 1. The maximum Gasteiger partial charge on any atom is 0.305 e. The normalized spacial score (nSPS) is 10.0. The molecule has 6 nitrogen and oxygen atoms in total. The summed E-state index contributed by atoms with van der Waals surface area (Å²) < 4.78 is 13.0. The zero-order chi connectivity index (χ0) is 15.8. The number of rotatable bonds is 7. The highest BCUT2D eigenvalue weighted by molar-refractivity contribution is 5.96. The molecule has 21 heavy (non-hydrogen) atoms. The van der Waals surface area contributed by atoms with Gasteiger partial charge in [0.25, 0.3) is 5.91 Å². The quantitative estimate of drug-likeness (QED) is 0.782. The molecular formula is C14H17FN2O4. The molecule has 2 N–H and O–H groups in total. The van der Waals surface area contributed by atoms with Gasteiger partial charge in [0, 0.05) is 18.7 Å². The van der Waals surface area contributed by atoms with Crippen LogP contribution in [0.4, 0.5) is 4.39 Å². The lowest BCUT2D eigenvalue weighted by Gasteiger charge is -2.20. The first-order chi connectivity index (χ1) is 9.93. The van der Waals surface area contributed by atoms with Gasteiger partial charge < -0.3 is 15.3 Å². The molecule has 0 atom stereocenters. The van der Waals surface area contributed by atoms with Gasteiger partial charge in [-0.3, -0.25) is 14.4 Å². The van der Waals surface area contributed by atoms with Gasteiger partial charge in [-0.1, -0.05) is 6.07 Å². The Morgan fingerprint density at radius 1 is 1.33 bits per heavy atom. The Morgan fingerprint density at radius 3 is 2.62 bits per heavy atom. The molecule has 0 heterocycles. The van der Waals surface area contributed by atoms with Crippen LogP contribution >= 0.6 is 0 Å². The molecule has 0 unspecified atom stereocenters. The minimum Gasteiger partial charge on any atom is -0.481 e. The van der Waals surface area contributed by atoms with Crippen LogP contribution in [0.3, 0.4) is 0 Å². The van der Waals surface area contributed by atoms with Crippen molar-refractivity contribution in [2.24, 2.45) is 0 Å². The third kappa shape index (κ3) is 5.60. The summed E-state index contributed by atoms with van der Waals surface area (Å²) in [5, 5.41) is 11.0. The fourth-order valence-corrected chi connectivity index (χ4v) is 1.69. The summed E-state index contributed by atoms with van der Waals surface area (Å²) in [7, 11) is 0. The number of carbonyl (C=O) groups excluding carboxylic acids is 2. The smallest absolute Gasteiger partial charge is 0.305 e. The SMILES string of the molecule is CCN(CCC(=O)O)C(=O)CNC(=O)c1cccc(F)c1. The Kier molecular flexibility index (Phi) is 6.32. The lowest BCUT2D eigenvalue weighted by Crippen LogP contribution is -2.41. The number of carboxylic acids is 1. The standard InChI is InChI=1S/C14H17FN2O4/c1-2-17(7-6-13(19)20)12(18)9-16-14(21)10-4-3-5-11(15)8-10/h3-5,8H,2,6-7,9H2,1H3,(H,16,21)(H,19,20). The fourth-order valence-electron chi connectivity index (χ4n) is 1.69. The van der Waals surface area contributed by atoms with E-state index in [-0.39, 0.29) is 31.0 Å². The third-order valence-corrected chi connectivity index (χ3v) is 2.82.